The first-order valence-corrected chi connectivity index (χ1v) is 8.85. The van der Waals surface area contributed by atoms with Crippen molar-refractivity contribution in [3.8, 4) is 5.75 Å². The Morgan fingerprint density at radius 3 is 2.36 bits per heavy atom. The van der Waals surface area contributed by atoms with Gasteiger partial charge in [-0.1, -0.05) is 31.4 Å². The van der Waals surface area contributed by atoms with Crippen LogP contribution in [0, 0.1) is 5.92 Å². The average molecular weight is 303 g/mol. The number of aliphatic hydroxyl groups excluding tert-OH is 1. The van der Waals surface area contributed by atoms with Crippen molar-refractivity contribution in [2.75, 3.05) is 20.2 Å². The van der Waals surface area contributed by atoms with Crippen LogP contribution in [-0.4, -0.2) is 36.2 Å². The zero-order valence-electron chi connectivity index (χ0n) is 13.7. The van der Waals surface area contributed by atoms with Gasteiger partial charge in [0.2, 0.25) is 0 Å². The maximum Gasteiger partial charge on any atom is 0.118 e. The molecule has 0 amide bonds. The second kappa shape index (κ2) is 7.47. The fourth-order valence-corrected chi connectivity index (χ4v) is 4.26. The summed E-state index contributed by atoms with van der Waals surface area (Å²) in [7, 11) is 1.68. The first-order chi connectivity index (χ1) is 10.8. The van der Waals surface area contributed by atoms with Crippen molar-refractivity contribution in [3.05, 3.63) is 29.8 Å². The van der Waals surface area contributed by atoms with Crippen molar-refractivity contribution in [2.24, 2.45) is 5.92 Å². The van der Waals surface area contributed by atoms with Gasteiger partial charge in [0.15, 0.2) is 0 Å². The van der Waals surface area contributed by atoms with Gasteiger partial charge in [0.25, 0.3) is 0 Å². The van der Waals surface area contributed by atoms with Crippen LogP contribution in [0.5, 0.6) is 5.75 Å². The van der Waals surface area contributed by atoms with E-state index in [2.05, 4.69) is 4.90 Å². The van der Waals surface area contributed by atoms with Crippen LogP contribution in [0.25, 0.3) is 0 Å². The van der Waals surface area contributed by atoms with Crippen LogP contribution in [0.1, 0.15) is 56.6 Å². The van der Waals surface area contributed by atoms with Crippen molar-refractivity contribution in [3.63, 3.8) is 0 Å². The Balaban J connectivity index is 1.73. The Morgan fingerprint density at radius 1 is 1.00 bits per heavy atom. The summed E-state index contributed by atoms with van der Waals surface area (Å²) in [5, 5.41) is 10.9. The van der Waals surface area contributed by atoms with Gasteiger partial charge >= 0.3 is 0 Å². The Kier molecular flexibility index (Phi) is 5.37. The van der Waals surface area contributed by atoms with E-state index in [-0.39, 0.29) is 6.10 Å². The van der Waals surface area contributed by atoms with Crippen LogP contribution in [0.2, 0.25) is 0 Å². The van der Waals surface area contributed by atoms with E-state index in [1.54, 1.807) is 7.11 Å². The number of benzene rings is 1. The Morgan fingerprint density at radius 2 is 1.68 bits per heavy atom. The summed E-state index contributed by atoms with van der Waals surface area (Å²) in [5.41, 5.74) is 1.04. The highest BCUT2D eigenvalue weighted by Crippen LogP contribution is 2.38. The number of methoxy groups -OCH3 is 1. The molecule has 1 aliphatic carbocycles. The largest absolute Gasteiger partial charge is 0.497 e. The van der Waals surface area contributed by atoms with E-state index in [0.717, 1.165) is 17.7 Å². The van der Waals surface area contributed by atoms with Gasteiger partial charge in [-0.3, -0.25) is 0 Å². The lowest BCUT2D eigenvalue weighted by Crippen LogP contribution is -2.46. The standard InChI is InChI=1S/C19H29NO2/c1-22-16-11-9-15(10-12-16)19(21)17-7-3-4-8-18(17)20-13-5-2-6-14-20/h9-12,17-19,21H,2-8,13-14H2,1H3/t17-,18-,19+/m0/s1. The maximum atomic E-state index is 10.9. The van der Waals surface area contributed by atoms with Crippen LogP contribution in [0.4, 0.5) is 0 Å². The van der Waals surface area contributed by atoms with Crippen LogP contribution in [0.3, 0.4) is 0 Å². The molecule has 1 saturated heterocycles. The normalized spacial score (nSPS) is 28.3. The molecule has 0 radical (unpaired) electrons. The van der Waals surface area contributed by atoms with E-state index in [9.17, 15) is 5.11 Å². The second-order valence-electron chi connectivity index (χ2n) is 6.83. The molecule has 3 heteroatoms. The quantitative estimate of drug-likeness (QED) is 0.919. The number of ether oxygens (including phenoxy) is 1. The van der Waals surface area contributed by atoms with E-state index < -0.39 is 0 Å². The Hall–Kier alpha value is -1.06. The lowest BCUT2D eigenvalue weighted by molar-refractivity contribution is 0.00384. The van der Waals surface area contributed by atoms with Gasteiger partial charge in [-0.25, -0.2) is 0 Å². The molecule has 1 aliphatic heterocycles. The van der Waals surface area contributed by atoms with Crippen LogP contribution in [-0.2, 0) is 0 Å². The molecule has 2 fully saturated rings. The number of likely N-dealkylation sites (tertiary alicyclic amines) is 1. The third-order valence-electron chi connectivity index (χ3n) is 5.50. The molecule has 3 atom stereocenters. The zero-order chi connectivity index (χ0) is 15.4. The predicted octanol–water partition coefficient (Wildman–Crippen LogP) is 3.77. The number of rotatable bonds is 4. The summed E-state index contributed by atoms with van der Waals surface area (Å²) in [6.07, 6.45) is 8.62. The molecule has 1 heterocycles. The zero-order valence-corrected chi connectivity index (χ0v) is 13.7. The minimum absolute atomic E-state index is 0.349. The minimum Gasteiger partial charge on any atom is -0.497 e. The Labute approximate surface area is 134 Å². The van der Waals surface area contributed by atoms with Gasteiger partial charge in [0, 0.05) is 12.0 Å². The second-order valence-corrected chi connectivity index (χ2v) is 6.83. The number of piperidine rings is 1. The lowest BCUT2D eigenvalue weighted by atomic mass is 9.77. The molecular weight excluding hydrogens is 274 g/mol. The number of nitrogens with zero attached hydrogens (tertiary/aromatic N) is 1. The molecule has 1 N–H and O–H groups in total. The number of aliphatic hydroxyl groups is 1. The predicted molar refractivity (Wildman–Crippen MR) is 89.1 cm³/mol. The van der Waals surface area contributed by atoms with E-state index in [0.29, 0.717) is 12.0 Å². The molecule has 22 heavy (non-hydrogen) atoms. The number of hydrogen-bond acceptors (Lipinski definition) is 3. The topological polar surface area (TPSA) is 32.7 Å². The van der Waals surface area contributed by atoms with Crippen molar-refractivity contribution in [1.29, 1.82) is 0 Å². The van der Waals surface area contributed by atoms with Crippen molar-refractivity contribution >= 4 is 0 Å². The molecule has 0 aromatic heterocycles. The summed E-state index contributed by atoms with van der Waals surface area (Å²) in [6.45, 7) is 2.44. The van der Waals surface area contributed by atoms with Gasteiger partial charge in [-0.15, -0.1) is 0 Å². The molecule has 122 valence electrons. The summed E-state index contributed by atoms with van der Waals surface area (Å²) >= 11 is 0. The highest BCUT2D eigenvalue weighted by Gasteiger charge is 2.35. The van der Waals surface area contributed by atoms with Gasteiger partial charge in [0.1, 0.15) is 5.75 Å². The summed E-state index contributed by atoms with van der Waals surface area (Å²) in [5.74, 6) is 1.23. The fourth-order valence-electron chi connectivity index (χ4n) is 4.26. The monoisotopic (exact) mass is 303 g/mol. The molecule has 3 nitrogen and oxygen atoms in total. The molecule has 3 rings (SSSR count). The highest BCUT2D eigenvalue weighted by atomic mass is 16.5. The molecule has 1 saturated carbocycles. The number of hydrogen-bond donors (Lipinski definition) is 1. The molecule has 0 spiro atoms. The van der Waals surface area contributed by atoms with Crippen LogP contribution in [0.15, 0.2) is 24.3 Å². The van der Waals surface area contributed by atoms with Gasteiger partial charge < -0.3 is 14.7 Å². The van der Waals surface area contributed by atoms with E-state index in [1.807, 2.05) is 24.3 Å². The van der Waals surface area contributed by atoms with E-state index in [1.165, 1.54) is 51.6 Å². The molecule has 0 bridgehead atoms. The highest BCUT2D eigenvalue weighted by molar-refractivity contribution is 5.29. The summed E-state index contributed by atoms with van der Waals surface area (Å²) in [4.78, 5) is 2.65. The maximum absolute atomic E-state index is 10.9. The van der Waals surface area contributed by atoms with Crippen LogP contribution >= 0.6 is 0 Å². The summed E-state index contributed by atoms with van der Waals surface area (Å²) < 4.78 is 5.22. The van der Waals surface area contributed by atoms with Gasteiger partial charge in [-0.05, 0) is 56.5 Å². The lowest BCUT2D eigenvalue weighted by Gasteiger charge is -2.43. The van der Waals surface area contributed by atoms with E-state index >= 15 is 0 Å². The third-order valence-corrected chi connectivity index (χ3v) is 5.50. The van der Waals surface area contributed by atoms with E-state index in [4.69, 9.17) is 4.74 Å². The first kappa shape index (κ1) is 15.8. The molecular formula is C19H29NO2. The van der Waals surface area contributed by atoms with Gasteiger partial charge in [-0.2, -0.15) is 0 Å². The fraction of sp³-hybridized carbons (Fsp3) is 0.684. The SMILES string of the molecule is COc1ccc([C@@H](O)[C@H]2CCCC[C@@H]2N2CCCCC2)cc1. The minimum atomic E-state index is -0.349. The Bertz CT molecular complexity index is 453. The summed E-state index contributed by atoms with van der Waals surface area (Å²) in [6, 6.07) is 8.51. The smallest absolute Gasteiger partial charge is 0.118 e. The van der Waals surface area contributed by atoms with Crippen molar-refractivity contribution in [2.45, 2.75) is 57.1 Å². The average Bonchev–Trinajstić information content (AvgIpc) is 2.62. The van der Waals surface area contributed by atoms with Crippen molar-refractivity contribution in [1.82, 2.24) is 4.90 Å². The van der Waals surface area contributed by atoms with Crippen molar-refractivity contribution < 1.29 is 9.84 Å². The molecule has 2 aliphatic rings. The van der Waals surface area contributed by atoms with Gasteiger partial charge in [0.05, 0.1) is 13.2 Å². The third kappa shape index (κ3) is 3.47. The molecule has 0 unspecified atom stereocenters. The first-order valence-electron chi connectivity index (χ1n) is 8.85. The molecule has 1 aromatic rings. The van der Waals surface area contributed by atoms with Crippen LogP contribution < -0.4 is 4.74 Å². The molecule has 1 aromatic carbocycles.